The topological polar surface area (TPSA) is 37.3 Å². The maximum absolute atomic E-state index is 9.94. The number of hydrogen-bond donors (Lipinski definition) is 1. The van der Waals surface area contributed by atoms with Crippen LogP contribution in [0.25, 0.3) is 0 Å². The fraction of sp³-hybridized carbons (Fsp3) is 0.143. The van der Waals surface area contributed by atoms with E-state index in [-0.39, 0.29) is 13.0 Å². The van der Waals surface area contributed by atoms with Crippen LogP contribution in [-0.4, -0.2) is 11.1 Å². The molecule has 1 radical (unpaired) electrons. The normalized spacial score (nSPS) is 7.11. The fourth-order valence-electron chi connectivity index (χ4n) is 0.262. The lowest BCUT2D eigenvalue weighted by atomic mass is 10.2. The van der Waals surface area contributed by atoms with Gasteiger partial charge in [0.1, 0.15) is 0 Å². The van der Waals surface area contributed by atoms with Crippen LogP contribution in [0.5, 0.6) is 0 Å². The van der Waals surface area contributed by atoms with Crippen molar-refractivity contribution in [1.29, 1.82) is 0 Å². The Morgan fingerprint density at radius 1 is 1.67 bits per heavy atom. The third-order valence-electron chi connectivity index (χ3n) is 0.693. The number of carbonyl (C=O) groups is 1. The van der Waals surface area contributed by atoms with Crippen molar-refractivity contribution in [3.05, 3.63) is 32.2 Å². The van der Waals surface area contributed by atoms with Crippen LogP contribution in [0.4, 0.5) is 0 Å². The molecule has 9 heavy (non-hydrogen) atoms. The molecule has 0 heterocycles. The third kappa shape index (κ3) is 4.81. The number of carboxylic acids is 1. The molecule has 0 saturated heterocycles. The summed E-state index contributed by atoms with van der Waals surface area (Å²) in [4.78, 5) is 9.94. The number of carboxylic acid groups (broad SMARTS) is 1. The van der Waals surface area contributed by atoms with E-state index in [1.807, 2.05) is 0 Å². The minimum Gasteiger partial charge on any atom is -0.478 e. The molecule has 0 aromatic heterocycles. The zero-order valence-electron chi connectivity index (χ0n) is 5.55. The van der Waals surface area contributed by atoms with Gasteiger partial charge < -0.3 is 5.11 Å². The van der Waals surface area contributed by atoms with Crippen LogP contribution >= 0.6 is 0 Å². The third-order valence-corrected chi connectivity index (χ3v) is 0.693. The molecule has 0 fully saturated rings. The second kappa shape index (κ2) is 5.09. The maximum Gasteiger partial charge on any atom is 0.331 e. The molecule has 0 bridgehead atoms. The highest BCUT2D eigenvalue weighted by Crippen LogP contribution is 1.95. The first-order chi connectivity index (χ1) is 3.68. The summed E-state index contributed by atoms with van der Waals surface area (Å²) >= 11 is 0. The SMILES string of the molecule is C=CCC(=C)C(=O)O.[CH3]. The Labute approximate surface area is 55.5 Å². The van der Waals surface area contributed by atoms with Crippen LogP contribution in [0.2, 0.25) is 0 Å². The molecule has 0 spiro atoms. The Morgan fingerprint density at radius 2 is 2.11 bits per heavy atom. The van der Waals surface area contributed by atoms with Crippen LogP contribution in [0, 0.1) is 7.43 Å². The van der Waals surface area contributed by atoms with Gasteiger partial charge in [-0.15, -0.1) is 6.58 Å². The highest BCUT2D eigenvalue weighted by atomic mass is 16.4. The summed E-state index contributed by atoms with van der Waals surface area (Å²) in [6, 6.07) is 0. The molecule has 2 heteroatoms. The molecule has 0 unspecified atom stereocenters. The molecule has 51 valence electrons. The zero-order valence-corrected chi connectivity index (χ0v) is 5.55. The van der Waals surface area contributed by atoms with E-state index in [9.17, 15) is 4.79 Å². The molecule has 0 rings (SSSR count). The standard InChI is InChI=1S/C6H8O2.CH3/c1-3-4-5(2)6(7)8;/h3H,1-2,4H2,(H,7,8);1H3. The summed E-state index contributed by atoms with van der Waals surface area (Å²) in [7, 11) is 0. The molecular formula is C7H11O2. The average molecular weight is 127 g/mol. The van der Waals surface area contributed by atoms with Gasteiger partial charge in [-0.1, -0.05) is 20.1 Å². The van der Waals surface area contributed by atoms with Crippen molar-refractivity contribution in [1.82, 2.24) is 0 Å². The van der Waals surface area contributed by atoms with Crippen molar-refractivity contribution in [2.45, 2.75) is 6.42 Å². The highest BCUT2D eigenvalue weighted by Gasteiger charge is 1.97. The summed E-state index contributed by atoms with van der Waals surface area (Å²) in [6.45, 7) is 6.63. The number of allylic oxidation sites excluding steroid dienone is 1. The molecule has 0 saturated carbocycles. The first-order valence-electron chi connectivity index (χ1n) is 2.20. The Balaban J connectivity index is 0. The van der Waals surface area contributed by atoms with Gasteiger partial charge in [-0.25, -0.2) is 4.79 Å². The maximum atomic E-state index is 9.94. The molecule has 1 N–H and O–H groups in total. The number of hydrogen-bond acceptors (Lipinski definition) is 1. The van der Waals surface area contributed by atoms with Crippen molar-refractivity contribution >= 4 is 5.97 Å². The van der Waals surface area contributed by atoms with Crippen LogP contribution < -0.4 is 0 Å². The van der Waals surface area contributed by atoms with Crippen LogP contribution in [-0.2, 0) is 4.79 Å². The Kier molecular flexibility index (Phi) is 6.14. The first kappa shape index (κ1) is 10.8. The molecule has 0 atom stereocenters. The van der Waals surface area contributed by atoms with E-state index < -0.39 is 5.97 Å². The summed E-state index contributed by atoms with van der Waals surface area (Å²) in [5.41, 5.74) is 0.181. The van der Waals surface area contributed by atoms with Gasteiger partial charge in [0.05, 0.1) is 0 Å². The molecular weight excluding hydrogens is 116 g/mol. The largest absolute Gasteiger partial charge is 0.478 e. The van der Waals surface area contributed by atoms with Gasteiger partial charge in [0.2, 0.25) is 0 Å². The van der Waals surface area contributed by atoms with Crippen molar-refractivity contribution < 1.29 is 9.90 Å². The molecule has 0 aliphatic rings. The second-order valence-electron chi connectivity index (χ2n) is 1.40. The van der Waals surface area contributed by atoms with Gasteiger partial charge in [-0.3, -0.25) is 0 Å². The second-order valence-corrected chi connectivity index (χ2v) is 1.40. The fourth-order valence-corrected chi connectivity index (χ4v) is 0.262. The summed E-state index contributed by atoms with van der Waals surface area (Å²) in [6.07, 6.45) is 1.87. The van der Waals surface area contributed by atoms with Crippen LogP contribution in [0.15, 0.2) is 24.8 Å². The van der Waals surface area contributed by atoms with Gasteiger partial charge in [0.25, 0.3) is 0 Å². The van der Waals surface area contributed by atoms with E-state index in [2.05, 4.69) is 13.2 Å². The average Bonchev–Trinajstić information content (AvgIpc) is 1.67. The minimum absolute atomic E-state index is 0. The van der Waals surface area contributed by atoms with Crippen molar-refractivity contribution in [2.24, 2.45) is 0 Å². The lowest BCUT2D eigenvalue weighted by Gasteiger charge is -1.89. The van der Waals surface area contributed by atoms with E-state index in [1.54, 1.807) is 0 Å². The summed E-state index contributed by atoms with van der Waals surface area (Å²) in [5.74, 6) is -0.954. The Morgan fingerprint density at radius 3 is 2.22 bits per heavy atom. The van der Waals surface area contributed by atoms with Gasteiger partial charge in [0.15, 0.2) is 0 Å². The molecule has 0 aliphatic heterocycles. The van der Waals surface area contributed by atoms with Crippen molar-refractivity contribution in [3.63, 3.8) is 0 Å². The van der Waals surface area contributed by atoms with E-state index in [4.69, 9.17) is 5.11 Å². The minimum atomic E-state index is -0.954. The number of rotatable bonds is 3. The number of aliphatic carboxylic acids is 1. The molecule has 2 nitrogen and oxygen atoms in total. The quantitative estimate of drug-likeness (QED) is 0.462. The lowest BCUT2D eigenvalue weighted by molar-refractivity contribution is -0.132. The lowest BCUT2D eigenvalue weighted by Crippen LogP contribution is -1.96. The molecule has 0 amide bonds. The van der Waals surface area contributed by atoms with E-state index in [0.717, 1.165) is 0 Å². The first-order valence-corrected chi connectivity index (χ1v) is 2.20. The smallest absolute Gasteiger partial charge is 0.331 e. The Bertz CT molecular complexity index is 125. The van der Waals surface area contributed by atoms with Gasteiger partial charge in [-0.05, 0) is 6.42 Å². The highest BCUT2D eigenvalue weighted by molar-refractivity contribution is 5.85. The predicted molar refractivity (Wildman–Crippen MR) is 38.0 cm³/mol. The van der Waals surface area contributed by atoms with Crippen LogP contribution in [0.1, 0.15) is 6.42 Å². The molecule has 0 aromatic rings. The summed E-state index contributed by atoms with van der Waals surface area (Å²) < 4.78 is 0. The van der Waals surface area contributed by atoms with Gasteiger partial charge >= 0.3 is 5.97 Å². The van der Waals surface area contributed by atoms with Crippen molar-refractivity contribution in [3.8, 4) is 0 Å². The van der Waals surface area contributed by atoms with Gasteiger partial charge in [0, 0.05) is 5.57 Å². The van der Waals surface area contributed by atoms with Gasteiger partial charge in [-0.2, -0.15) is 0 Å². The zero-order chi connectivity index (χ0) is 6.57. The molecule has 0 aliphatic carbocycles. The van der Waals surface area contributed by atoms with E-state index >= 15 is 0 Å². The summed E-state index contributed by atoms with van der Waals surface area (Å²) in [5, 5.41) is 8.17. The van der Waals surface area contributed by atoms with Crippen LogP contribution in [0.3, 0.4) is 0 Å². The molecule has 0 aromatic carbocycles. The van der Waals surface area contributed by atoms with E-state index in [0.29, 0.717) is 6.42 Å². The predicted octanol–water partition coefficient (Wildman–Crippen LogP) is 1.65. The van der Waals surface area contributed by atoms with E-state index in [1.165, 1.54) is 6.08 Å². The van der Waals surface area contributed by atoms with Crippen molar-refractivity contribution in [2.75, 3.05) is 0 Å². The monoisotopic (exact) mass is 127 g/mol. The Hall–Kier alpha value is -1.05.